The Morgan fingerprint density at radius 3 is 2.47 bits per heavy atom. The first-order valence-corrected chi connectivity index (χ1v) is 4.91. The highest BCUT2D eigenvalue weighted by atomic mass is 16.5. The van der Waals surface area contributed by atoms with E-state index in [-0.39, 0.29) is 23.6 Å². The lowest BCUT2D eigenvalue weighted by Crippen LogP contribution is -2.10. The third kappa shape index (κ3) is 1.91. The van der Waals surface area contributed by atoms with E-state index in [0.717, 1.165) is 0 Å². The molecule has 0 heterocycles. The molecule has 1 fully saturated rings. The van der Waals surface area contributed by atoms with Crippen LogP contribution in [-0.4, -0.2) is 18.9 Å². The molecule has 0 aliphatic heterocycles. The molecule has 1 aromatic carbocycles. The van der Waals surface area contributed by atoms with Crippen LogP contribution < -0.4 is 0 Å². The third-order valence-electron chi connectivity index (χ3n) is 2.69. The minimum atomic E-state index is -0.274. The molecule has 0 aromatic heterocycles. The third-order valence-corrected chi connectivity index (χ3v) is 2.69. The summed E-state index contributed by atoms with van der Waals surface area (Å²) in [4.78, 5) is 23.0. The predicted octanol–water partition coefficient (Wildman–Crippen LogP) is 1.68. The maximum Gasteiger partial charge on any atom is 0.309 e. The van der Waals surface area contributed by atoms with Crippen molar-refractivity contribution in [3.8, 4) is 0 Å². The van der Waals surface area contributed by atoms with Crippen LogP contribution in [0.4, 0.5) is 0 Å². The van der Waals surface area contributed by atoms with Gasteiger partial charge < -0.3 is 4.74 Å². The normalized spacial score (nSPS) is 23.3. The molecule has 0 spiro atoms. The molecule has 1 aliphatic carbocycles. The number of ether oxygens (including phenoxy) is 1. The molecule has 2 rings (SSSR count). The Kier molecular flexibility index (Phi) is 2.54. The highest BCUT2D eigenvalue weighted by molar-refractivity contribution is 6.02. The Labute approximate surface area is 88.1 Å². The molecule has 1 aromatic rings. The van der Waals surface area contributed by atoms with E-state index in [2.05, 4.69) is 4.74 Å². The fourth-order valence-electron chi connectivity index (χ4n) is 1.71. The molecule has 1 saturated carbocycles. The van der Waals surface area contributed by atoms with E-state index in [1.54, 1.807) is 12.1 Å². The van der Waals surface area contributed by atoms with Crippen molar-refractivity contribution < 1.29 is 14.3 Å². The van der Waals surface area contributed by atoms with Gasteiger partial charge in [0.2, 0.25) is 0 Å². The number of hydrogen-bond donors (Lipinski definition) is 0. The fourth-order valence-corrected chi connectivity index (χ4v) is 1.71. The maximum absolute atomic E-state index is 11.8. The molecule has 0 radical (unpaired) electrons. The monoisotopic (exact) mass is 204 g/mol. The van der Waals surface area contributed by atoms with Crippen molar-refractivity contribution in [3.05, 3.63) is 35.9 Å². The summed E-state index contributed by atoms with van der Waals surface area (Å²) in [6.07, 6.45) is 0.625. The number of ketones is 1. The van der Waals surface area contributed by atoms with Crippen LogP contribution in [0, 0.1) is 11.8 Å². The van der Waals surface area contributed by atoms with Crippen molar-refractivity contribution in [1.82, 2.24) is 0 Å². The van der Waals surface area contributed by atoms with Crippen LogP contribution in [0.1, 0.15) is 16.8 Å². The summed E-state index contributed by atoms with van der Waals surface area (Å²) < 4.78 is 4.60. The molecule has 1 aliphatic rings. The molecule has 0 N–H and O–H groups in total. The second kappa shape index (κ2) is 3.85. The van der Waals surface area contributed by atoms with Gasteiger partial charge in [-0.1, -0.05) is 30.3 Å². The summed E-state index contributed by atoms with van der Waals surface area (Å²) in [7, 11) is 1.35. The number of Topliss-reactive ketones (excluding diaryl/α,β-unsaturated/α-hetero) is 1. The molecule has 2 atom stereocenters. The van der Waals surface area contributed by atoms with E-state index in [9.17, 15) is 9.59 Å². The van der Waals surface area contributed by atoms with Crippen LogP contribution in [-0.2, 0) is 9.53 Å². The van der Waals surface area contributed by atoms with Gasteiger partial charge in [-0.3, -0.25) is 9.59 Å². The highest BCUT2D eigenvalue weighted by Gasteiger charge is 2.48. The number of esters is 1. The van der Waals surface area contributed by atoms with Crippen molar-refractivity contribution in [2.45, 2.75) is 6.42 Å². The van der Waals surface area contributed by atoms with E-state index in [4.69, 9.17) is 0 Å². The first-order valence-electron chi connectivity index (χ1n) is 4.91. The van der Waals surface area contributed by atoms with Crippen LogP contribution in [0.15, 0.2) is 30.3 Å². The fraction of sp³-hybridized carbons (Fsp3) is 0.333. The summed E-state index contributed by atoms with van der Waals surface area (Å²) in [5.41, 5.74) is 0.675. The Morgan fingerprint density at radius 1 is 1.20 bits per heavy atom. The number of methoxy groups -OCH3 is 1. The zero-order valence-corrected chi connectivity index (χ0v) is 8.47. The second-order valence-electron chi connectivity index (χ2n) is 3.70. The Morgan fingerprint density at radius 2 is 1.87 bits per heavy atom. The first kappa shape index (κ1) is 9.90. The lowest BCUT2D eigenvalue weighted by Gasteiger charge is -1.99. The van der Waals surface area contributed by atoms with Crippen molar-refractivity contribution >= 4 is 11.8 Å². The molecule has 3 nitrogen and oxygen atoms in total. The van der Waals surface area contributed by atoms with Gasteiger partial charge in [-0.15, -0.1) is 0 Å². The van der Waals surface area contributed by atoms with Gasteiger partial charge >= 0.3 is 5.97 Å². The zero-order valence-electron chi connectivity index (χ0n) is 8.47. The van der Waals surface area contributed by atoms with Gasteiger partial charge in [0.15, 0.2) is 5.78 Å². The van der Waals surface area contributed by atoms with E-state index in [1.807, 2.05) is 18.2 Å². The van der Waals surface area contributed by atoms with Crippen LogP contribution in [0.3, 0.4) is 0 Å². The van der Waals surface area contributed by atoms with Gasteiger partial charge in [0, 0.05) is 11.5 Å². The van der Waals surface area contributed by atoms with Crippen molar-refractivity contribution in [2.75, 3.05) is 7.11 Å². The Balaban J connectivity index is 2.04. The summed E-state index contributed by atoms with van der Waals surface area (Å²) in [6, 6.07) is 9.05. The lowest BCUT2D eigenvalue weighted by molar-refractivity contribution is -0.142. The SMILES string of the molecule is COC(=O)[C@H]1C[C@@H]1C(=O)c1ccccc1. The van der Waals surface area contributed by atoms with Gasteiger partial charge in [0.25, 0.3) is 0 Å². The number of hydrogen-bond acceptors (Lipinski definition) is 3. The molecule has 15 heavy (non-hydrogen) atoms. The number of carbonyl (C=O) groups excluding carboxylic acids is 2. The van der Waals surface area contributed by atoms with Crippen LogP contribution in [0.5, 0.6) is 0 Å². The number of benzene rings is 1. The van der Waals surface area contributed by atoms with Crippen LogP contribution >= 0.6 is 0 Å². The van der Waals surface area contributed by atoms with Crippen molar-refractivity contribution in [1.29, 1.82) is 0 Å². The molecule has 0 unspecified atom stereocenters. The van der Waals surface area contributed by atoms with Gasteiger partial charge in [0.05, 0.1) is 13.0 Å². The average Bonchev–Trinajstić information content (AvgIpc) is 3.08. The highest BCUT2D eigenvalue weighted by Crippen LogP contribution is 2.41. The molecule has 3 heteroatoms. The molecule has 0 amide bonds. The first-order chi connectivity index (χ1) is 7.24. The second-order valence-corrected chi connectivity index (χ2v) is 3.70. The van der Waals surface area contributed by atoms with Gasteiger partial charge in [0.1, 0.15) is 0 Å². The van der Waals surface area contributed by atoms with Gasteiger partial charge in [-0.25, -0.2) is 0 Å². The molecular formula is C12H12O3. The Hall–Kier alpha value is -1.64. The van der Waals surface area contributed by atoms with E-state index in [0.29, 0.717) is 12.0 Å². The van der Waals surface area contributed by atoms with E-state index < -0.39 is 0 Å². The quantitative estimate of drug-likeness (QED) is 0.555. The van der Waals surface area contributed by atoms with E-state index in [1.165, 1.54) is 7.11 Å². The minimum Gasteiger partial charge on any atom is -0.469 e. The summed E-state index contributed by atoms with van der Waals surface area (Å²) >= 11 is 0. The van der Waals surface area contributed by atoms with E-state index >= 15 is 0 Å². The van der Waals surface area contributed by atoms with Crippen molar-refractivity contribution in [3.63, 3.8) is 0 Å². The molecule has 78 valence electrons. The maximum atomic E-state index is 11.8. The molecular weight excluding hydrogens is 192 g/mol. The molecule has 0 saturated heterocycles. The summed E-state index contributed by atoms with van der Waals surface area (Å²) in [5, 5.41) is 0. The largest absolute Gasteiger partial charge is 0.469 e. The minimum absolute atomic E-state index is 0.0472. The van der Waals surface area contributed by atoms with Crippen LogP contribution in [0.25, 0.3) is 0 Å². The zero-order chi connectivity index (χ0) is 10.8. The number of carbonyl (C=O) groups is 2. The number of rotatable bonds is 3. The standard InChI is InChI=1S/C12H12O3/c1-15-12(14)10-7-9(10)11(13)8-5-3-2-4-6-8/h2-6,9-10H,7H2,1H3/t9-,10-/m0/s1. The predicted molar refractivity (Wildman–Crippen MR) is 54.4 cm³/mol. The van der Waals surface area contributed by atoms with Gasteiger partial charge in [-0.05, 0) is 6.42 Å². The van der Waals surface area contributed by atoms with Gasteiger partial charge in [-0.2, -0.15) is 0 Å². The van der Waals surface area contributed by atoms with Crippen LogP contribution in [0.2, 0.25) is 0 Å². The lowest BCUT2D eigenvalue weighted by atomic mass is 10.1. The summed E-state index contributed by atoms with van der Waals surface area (Å²) in [6.45, 7) is 0. The Bertz CT molecular complexity index is 383. The topological polar surface area (TPSA) is 43.4 Å². The average molecular weight is 204 g/mol. The van der Waals surface area contributed by atoms with Crippen molar-refractivity contribution in [2.24, 2.45) is 11.8 Å². The smallest absolute Gasteiger partial charge is 0.309 e. The molecule has 0 bridgehead atoms. The summed E-state index contributed by atoms with van der Waals surface area (Å²) in [5.74, 6) is -0.613.